The fourth-order valence-corrected chi connectivity index (χ4v) is 3.49. The molecule has 2 unspecified atom stereocenters. The second-order valence-electron chi connectivity index (χ2n) is 8.57. The van der Waals surface area contributed by atoms with Crippen molar-refractivity contribution in [2.75, 3.05) is 13.7 Å². The van der Waals surface area contributed by atoms with Crippen molar-refractivity contribution in [3.8, 4) is 5.75 Å². The molecule has 1 aromatic heterocycles. The number of aromatic nitrogens is 1. The second kappa shape index (κ2) is 11.6. The molecule has 6 N–H and O–H groups in total. The van der Waals surface area contributed by atoms with Crippen LogP contribution in [0.3, 0.4) is 0 Å². The molecule has 2 atom stereocenters. The highest BCUT2D eigenvalue weighted by Gasteiger charge is 2.27. The minimum atomic E-state index is -0.776. The number of carboxylic acid groups (broad SMARTS) is 1. The molecule has 1 aromatic rings. The van der Waals surface area contributed by atoms with Crippen LogP contribution in [0.4, 0.5) is 4.79 Å². The summed E-state index contributed by atoms with van der Waals surface area (Å²) in [4.78, 5) is 28.0. The summed E-state index contributed by atoms with van der Waals surface area (Å²) in [5.74, 6) is 5.61. The number of aliphatic carboxylic acids is 1. The van der Waals surface area contributed by atoms with Crippen LogP contribution in [0.5, 0.6) is 5.75 Å². The number of rotatable bonds is 8. The van der Waals surface area contributed by atoms with Gasteiger partial charge in [-0.25, -0.2) is 15.6 Å². The first-order valence-electron chi connectivity index (χ1n) is 10.9. The van der Waals surface area contributed by atoms with E-state index >= 15 is 0 Å². The summed E-state index contributed by atoms with van der Waals surface area (Å²) in [5, 5.41) is 13.1. The van der Waals surface area contributed by atoms with Crippen molar-refractivity contribution in [2.24, 2.45) is 23.4 Å². The first kappa shape index (κ1) is 25.3. The first-order chi connectivity index (χ1) is 15.1. The lowest BCUT2D eigenvalue weighted by molar-refractivity contribution is -0.142. The van der Waals surface area contributed by atoms with Crippen LogP contribution in [0.1, 0.15) is 57.3 Å². The van der Waals surface area contributed by atoms with Gasteiger partial charge in [0.25, 0.3) is 0 Å². The largest absolute Gasteiger partial charge is 0.489 e. The maximum absolute atomic E-state index is 12.1. The zero-order valence-corrected chi connectivity index (χ0v) is 19.3. The number of ether oxygens (including phenoxy) is 2. The number of amides is 1. The average Bonchev–Trinajstić information content (AvgIpc) is 2.97. The number of carbonyl (C=O) groups excluding carboxylic acids is 1. The molecule has 10 nitrogen and oxygen atoms in total. The van der Waals surface area contributed by atoms with E-state index in [1.807, 2.05) is 13.8 Å². The lowest BCUT2D eigenvalue weighted by Crippen LogP contribution is -2.39. The normalized spacial score (nSPS) is 19.6. The number of nitrogens with zero attached hydrogens (tertiary/aromatic N) is 2. The van der Waals surface area contributed by atoms with Crippen molar-refractivity contribution in [1.29, 1.82) is 0 Å². The van der Waals surface area contributed by atoms with E-state index in [-0.39, 0.29) is 30.1 Å². The molecular weight excluding hydrogens is 414 g/mol. The predicted octanol–water partition coefficient (Wildman–Crippen LogP) is 2.57. The Morgan fingerprint density at radius 3 is 2.59 bits per heavy atom. The van der Waals surface area contributed by atoms with E-state index in [0.717, 1.165) is 19.3 Å². The lowest BCUT2D eigenvalue weighted by atomic mass is 9.99. The molecule has 1 fully saturated rings. The number of carboxylic acids is 1. The zero-order valence-electron chi connectivity index (χ0n) is 19.3. The molecule has 0 spiro atoms. The highest BCUT2D eigenvalue weighted by atomic mass is 16.5. The van der Waals surface area contributed by atoms with Gasteiger partial charge in [-0.05, 0) is 50.7 Å². The second-order valence-corrected chi connectivity index (χ2v) is 8.57. The van der Waals surface area contributed by atoms with Gasteiger partial charge in [0.15, 0.2) is 5.82 Å². The van der Waals surface area contributed by atoms with Gasteiger partial charge in [-0.15, -0.1) is 0 Å². The summed E-state index contributed by atoms with van der Waals surface area (Å²) >= 11 is 0. The Labute approximate surface area is 188 Å². The SMILES string of the molecule is Cc1nc(/C(N)=C(\NC(=O)OCC(C)C)N(C)N)ccc1OC1CCCCC(C(=O)O)C1. The van der Waals surface area contributed by atoms with Gasteiger partial charge in [0.1, 0.15) is 11.4 Å². The molecule has 0 saturated heterocycles. The Bertz CT molecular complexity index is 840. The standard InChI is InChI=1S/C22H35N5O5/c1-13(2)12-31-22(30)26-20(27(4)24)19(23)17-9-10-18(14(3)25-17)32-16-8-6-5-7-15(11-16)21(28)29/h9-10,13,15-16H,5-8,11-12,23-24H2,1-4H3,(H,26,30)(H,28,29)/b20-19-. The average molecular weight is 450 g/mol. The van der Waals surface area contributed by atoms with E-state index in [0.29, 0.717) is 30.0 Å². The number of alkyl carbamates (subject to hydrolysis) is 1. The number of hydrogen-bond acceptors (Lipinski definition) is 8. The summed E-state index contributed by atoms with van der Waals surface area (Å²) in [7, 11) is 1.54. The molecule has 32 heavy (non-hydrogen) atoms. The van der Waals surface area contributed by atoms with Gasteiger partial charge >= 0.3 is 12.1 Å². The van der Waals surface area contributed by atoms with Crippen molar-refractivity contribution in [3.63, 3.8) is 0 Å². The van der Waals surface area contributed by atoms with Gasteiger partial charge in [0, 0.05) is 7.05 Å². The van der Waals surface area contributed by atoms with Crippen molar-refractivity contribution < 1.29 is 24.2 Å². The third kappa shape index (κ3) is 7.30. The van der Waals surface area contributed by atoms with E-state index in [1.165, 1.54) is 5.01 Å². The number of nitrogens with one attached hydrogen (secondary N) is 1. The van der Waals surface area contributed by atoms with Gasteiger partial charge < -0.3 is 20.3 Å². The zero-order chi connectivity index (χ0) is 23.8. The third-order valence-electron chi connectivity index (χ3n) is 5.21. The van der Waals surface area contributed by atoms with E-state index in [9.17, 15) is 14.7 Å². The van der Waals surface area contributed by atoms with Crippen LogP contribution in [0.25, 0.3) is 5.70 Å². The summed E-state index contributed by atoms with van der Waals surface area (Å²) in [6.07, 6.45) is 2.93. The number of nitrogens with two attached hydrogens (primary N) is 2. The third-order valence-corrected chi connectivity index (χ3v) is 5.21. The molecule has 1 aliphatic carbocycles. The molecule has 0 bridgehead atoms. The molecule has 0 radical (unpaired) electrons. The van der Waals surface area contributed by atoms with E-state index < -0.39 is 18.0 Å². The highest BCUT2D eigenvalue weighted by Crippen LogP contribution is 2.28. The Morgan fingerprint density at radius 1 is 1.31 bits per heavy atom. The minimum absolute atomic E-state index is 0.160. The van der Waals surface area contributed by atoms with Gasteiger partial charge in [0.05, 0.1) is 30.0 Å². The number of hydrazine groups is 1. The molecule has 1 amide bonds. The molecule has 0 aliphatic heterocycles. The Hall–Kier alpha value is -3.01. The van der Waals surface area contributed by atoms with Crippen molar-refractivity contribution >= 4 is 17.8 Å². The minimum Gasteiger partial charge on any atom is -0.489 e. The lowest BCUT2D eigenvalue weighted by Gasteiger charge is -2.22. The molecule has 2 rings (SSSR count). The molecule has 0 aromatic carbocycles. The van der Waals surface area contributed by atoms with Crippen LogP contribution >= 0.6 is 0 Å². The Balaban J connectivity index is 2.17. The Kier molecular flexibility index (Phi) is 9.13. The molecule has 1 heterocycles. The summed E-state index contributed by atoms with van der Waals surface area (Å²) in [5.41, 5.74) is 7.42. The molecular formula is C22H35N5O5. The summed E-state index contributed by atoms with van der Waals surface area (Å²) in [6.45, 7) is 5.91. The topological polar surface area (TPSA) is 153 Å². The van der Waals surface area contributed by atoms with Crippen LogP contribution in [-0.4, -0.2) is 46.9 Å². The van der Waals surface area contributed by atoms with Crippen molar-refractivity contribution in [3.05, 3.63) is 29.3 Å². The van der Waals surface area contributed by atoms with Crippen LogP contribution in [0, 0.1) is 18.8 Å². The molecule has 1 aliphatic rings. The van der Waals surface area contributed by atoms with Gasteiger partial charge in [0.2, 0.25) is 0 Å². The predicted molar refractivity (Wildman–Crippen MR) is 120 cm³/mol. The number of hydrogen-bond donors (Lipinski definition) is 4. The first-order valence-corrected chi connectivity index (χ1v) is 10.9. The number of pyridine rings is 1. The number of aryl methyl sites for hydroxylation is 1. The van der Waals surface area contributed by atoms with Gasteiger partial charge in [-0.3, -0.25) is 15.1 Å². The summed E-state index contributed by atoms with van der Waals surface area (Å²) in [6, 6.07) is 3.42. The fraction of sp³-hybridized carbons (Fsp3) is 0.591. The van der Waals surface area contributed by atoms with Crippen molar-refractivity contribution in [2.45, 2.75) is 59.0 Å². The molecule has 10 heteroatoms. The monoisotopic (exact) mass is 449 g/mol. The molecule has 1 saturated carbocycles. The van der Waals surface area contributed by atoms with E-state index in [1.54, 1.807) is 26.1 Å². The van der Waals surface area contributed by atoms with Gasteiger partial charge in [-0.2, -0.15) is 0 Å². The van der Waals surface area contributed by atoms with Crippen LogP contribution in [0.2, 0.25) is 0 Å². The fourth-order valence-electron chi connectivity index (χ4n) is 3.49. The highest BCUT2D eigenvalue weighted by molar-refractivity contribution is 5.74. The van der Waals surface area contributed by atoms with Crippen LogP contribution in [0.15, 0.2) is 18.0 Å². The van der Waals surface area contributed by atoms with Crippen LogP contribution < -0.4 is 21.6 Å². The maximum atomic E-state index is 12.1. The smallest absolute Gasteiger partial charge is 0.412 e. The maximum Gasteiger partial charge on any atom is 0.412 e. The van der Waals surface area contributed by atoms with Crippen molar-refractivity contribution in [1.82, 2.24) is 15.3 Å². The summed E-state index contributed by atoms with van der Waals surface area (Å²) < 4.78 is 11.2. The van der Waals surface area contributed by atoms with E-state index in [4.69, 9.17) is 21.1 Å². The van der Waals surface area contributed by atoms with Crippen LogP contribution in [-0.2, 0) is 9.53 Å². The quantitative estimate of drug-likeness (QED) is 0.266. The Morgan fingerprint density at radius 2 is 2.00 bits per heavy atom. The van der Waals surface area contributed by atoms with E-state index in [2.05, 4.69) is 10.3 Å². The number of carbonyl (C=O) groups is 2. The van der Waals surface area contributed by atoms with Gasteiger partial charge in [-0.1, -0.05) is 20.3 Å². The molecule has 178 valence electrons.